The normalized spacial score (nSPS) is 13.4. The van der Waals surface area contributed by atoms with Crippen molar-refractivity contribution < 1.29 is 0 Å². The van der Waals surface area contributed by atoms with Crippen LogP contribution in [0.4, 0.5) is 0 Å². The molecule has 0 heterocycles. The zero-order valence-corrected chi connectivity index (χ0v) is 4.85. The summed E-state index contributed by atoms with van der Waals surface area (Å²) in [6, 6.07) is 0. The van der Waals surface area contributed by atoms with Gasteiger partial charge in [-0.05, 0) is 18.9 Å². The minimum Gasteiger partial charge on any atom is -0.330 e. The Kier molecular flexibility index (Phi) is 3.71. The van der Waals surface area contributed by atoms with Crippen molar-refractivity contribution in [2.75, 3.05) is 6.54 Å². The van der Waals surface area contributed by atoms with E-state index in [0.717, 1.165) is 13.0 Å². The molecule has 0 saturated heterocycles. The molecular weight excluding hydrogens is 86.1 g/mol. The number of hydrogen-bond acceptors (Lipinski definition) is 1. The van der Waals surface area contributed by atoms with Crippen LogP contribution in [-0.2, 0) is 0 Å². The van der Waals surface area contributed by atoms with Gasteiger partial charge in [-0.25, -0.2) is 0 Å². The Labute approximate surface area is 45.2 Å². The SMILES string of the molecule is C=C[C@@H](C)CCN. The lowest BCUT2D eigenvalue weighted by molar-refractivity contribution is 0.660. The number of hydrogen-bond donors (Lipinski definition) is 1. The van der Waals surface area contributed by atoms with Crippen molar-refractivity contribution in [1.29, 1.82) is 0 Å². The highest BCUT2D eigenvalue weighted by Crippen LogP contribution is 1.98. The van der Waals surface area contributed by atoms with Crippen molar-refractivity contribution in [3.63, 3.8) is 0 Å². The van der Waals surface area contributed by atoms with Gasteiger partial charge in [0.2, 0.25) is 0 Å². The maximum Gasteiger partial charge on any atom is -0.00718 e. The summed E-state index contributed by atoms with van der Waals surface area (Å²) in [4.78, 5) is 0. The number of rotatable bonds is 3. The highest BCUT2D eigenvalue weighted by Gasteiger charge is 1.89. The van der Waals surface area contributed by atoms with E-state index in [1.807, 2.05) is 6.08 Å². The molecule has 42 valence electrons. The molecule has 2 N–H and O–H groups in total. The van der Waals surface area contributed by atoms with Crippen LogP contribution in [0.2, 0.25) is 0 Å². The minimum absolute atomic E-state index is 0.588. The largest absolute Gasteiger partial charge is 0.330 e. The van der Waals surface area contributed by atoms with Crippen molar-refractivity contribution in [2.45, 2.75) is 13.3 Å². The van der Waals surface area contributed by atoms with Crippen molar-refractivity contribution in [3.8, 4) is 0 Å². The molecule has 1 atom stereocenters. The predicted molar refractivity (Wildman–Crippen MR) is 33.0 cm³/mol. The summed E-state index contributed by atoms with van der Waals surface area (Å²) in [6.45, 7) is 6.51. The first kappa shape index (κ1) is 6.70. The summed E-state index contributed by atoms with van der Waals surface area (Å²) in [7, 11) is 0. The Bertz CT molecular complexity index is 50.1. The third kappa shape index (κ3) is 3.53. The molecule has 7 heavy (non-hydrogen) atoms. The maximum atomic E-state index is 5.26. The van der Waals surface area contributed by atoms with Crippen LogP contribution in [0.5, 0.6) is 0 Å². The standard InChI is InChI=1S/C6H13N/c1-3-6(2)4-5-7/h3,6H,1,4-5,7H2,2H3/t6-/m1/s1. The van der Waals surface area contributed by atoms with E-state index in [1.165, 1.54) is 0 Å². The van der Waals surface area contributed by atoms with E-state index in [2.05, 4.69) is 13.5 Å². The van der Waals surface area contributed by atoms with Gasteiger partial charge in [0, 0.05) is 0 Å². The van der Waals surface area contributed by atoms with Gasteiger partial charge in [0.25, 0.3) is 0 Å². The van der Waals surface area contributed by atoms with Crippen LogP contribution < -0.4 is 5.73 Å². The van der Waals surface area contributed by atoms with E-state index < -0.39 is 0 Å². The molecule has 1 nitrogen and oxygen atoms in total. The molecule has 0 bridgehead atoms. The molecule has 0 aliphatic carbocycles. The number of allylic oxidation sites excluding steroid dienone is 1. The molecule has 0 amide bonds. The summed E-state index contributed by atoms with van der Waals surface area (Å²) >= 11 is 0. The van der Waals surface area contributed by atoms with Gasteiger partial charge in [-0.1, -0.05) is 13.0 Å². The maximum absolute atomic E-state index is 5.26. The molecule has 0 aromatic carbocycles. The van der Waals surface area contributed by atoms with Crippen LogP contribution in [0.1, 0.15) is 13.3 Å². The fourth-order valence-corrected chi connectivity index (χ4v) is 0.381. The van der Waals surface area contributed by atoms with Gasteiger partial charge < -0.3 is 5.73 Å². The Morgan fingerprint density at radius 2 is 2.43 bits per heavy atom. The predicted octanol–water partition coefficient (Wildman–Crippen LogP) is 1.16. The van der Waals surface area contributed by atoms with E-state index in [-0.39, 0.29) is 0 Å². The Morgan fingerprint density at radius 1 is 1.86 bits per heavy atom. The van der Waals surface area contributed by atoms with Crippen molar-refractivity contribution in [3.05, 3.63) is 12.7 Å². The minimum atomic E-state index is 0.588. The van der Waals surface area contributed by atoms with Gasteiger partial charge in [-0.2, -0.15) is 0 Å². The lowest BCUT2D eigenvalue weighted by Crippen LogP contribution is -2.02. The monoisotopic (exact) mass is 99.1 g/mol. The summed E-state index contributed by atoms with van der Waals surface area (Å²) < 4.78 is 0. The molecule has 0 spiro atoms. The number of nitrogens with two attached hydrogens (primary N) is 1. The average Bonchev–Trinajstić information content (AvgIpc) is 1.68. The molecule has 0 aliphatic rings. The molecule has 0 fully saturated rings. The van der Waals surface area contributed by atoms with Gasteiger partial charge in [0.15, 0.2) is 0 Å². The van der Waals surface area contributed by atoms with Crippen molar-refractivity contribution in [1.82, 2.24) is 0 Å². The fraction of sp³-hybridized carbons (Fsp3) is 0.667. The molecule has 0 saturated carbocycles. The quantitative estimate of drug-likeness (QED) is 0.528. The first-order valence-corrected chi connectivity index (χ1v) is 2.64. The van der Waals surface area contributed by atoms with E-state index in [4.69, 9.17) is 5.73 Å². The second-order valence-corrected chi connectivity index (χ2v) is 1.79. The average molecular weight is 99.2 g/mol. The van der Waals surface area contributed by atoms with Crippen LogP contribution in [-0.4, -0.2) is 6.54 Å². The van der Waals surface area contributed by atoms with Crippen molar-refractivity contribution in [2.24, 2.45) is 11.7 Å². The molecule has 0 rings (SSSR count). The first-order chi connectivity index (χ1) is 3.31. The molecule has 0 unspecified atom stereocenters. The molecular formula is C6H13N. The lowest BCUT2D eigenvalue weighted by atomic mass is 10.1. The smallest absolute Gasteiger partial charge is 0.00718 e. The zero-order valence-electron chi connectivity index (χ0n) is 4.85. The first-order valence-electron chi connectivity index (χ1n) is 2.64. The third-order valence-corrected chi connectivity index (χ3v) is 1.02. The molecule has 0 aliphatic heterocycles. The highest BCUT2D eigenvalue weighted by molar-refractivity contribution is 4.74. The molecule has 1 heteroatoms. The van der Waals surface area contributed by atoms with Crippen LogP contribution in [0.3, 0.4) is 0 Å². The summed E-state index contributed by atoms with van der Waals surface area (Å²) in [5, 5.41) is 0. The zero-order chi connectivity index (χ0) is 5.70. The van der Waals surface area contributed by atoms with Crippen LogP contribution in [0, 0.1) is 5.92 Å². The van der Waals surface area contributed by atoms with Gasteiger partial charge in [0.05, 0.1) is 0 Å². The van der Waals surface area contributed by atoms with Crippen LogP contribution in [0.15, 0.2) is 12.7 Å². The summed E-state index contributed by atoms with van der Waals surface area (Å²) in [5.41, 5.74) is 5.26. The molecule has 0 radical (unpaired) electrons. The second-order valence-electron chi connectivity index (χ2n) is 1.79. The Hall–Kier alpha value is -0.300. The topological polar surface area (TPSA) is 26.0 Å². The fourth-order valence-electron chi connectivity index (χ4n) is 0.381. The Morgan fingerprint density at radius 3 is 2.57 bits per heavy atom. The molecule has 0 aromatic rings. The second kappa shape index (κ2) is 3.88. The van der Waals surface area contributed by atoms with Gasteiger partial charge in [0.1, 0.15) is 0 Å². The van der Waals surface area contributed by atoms with Crippen LogP contribution in [0.25, 0.3) is 0 Å². The Balaban J connectivity index is 2.98. The van der Waals surface area contributed by atoms with E-state index in [9.17, 15) is 0 Å². The summed E-state index contributed by atoms with van der Waals surface area (Å²) in [6.07, 6.45) is 2.98. The van der Waals surface area contributed by atoms with Gasteiger partial charge in [-0.3, -0.25) is 0 Å². The van der Waals surface area contributed by atoms with Gasteiger partial charge in [-0.15, -0.1) is 6.58 Å². The lowest BCUT2D eigenvalue weighted by Gasteiger charge is -1.98. The van der Waals surface area contributed by atoms with Gasteiger partial charge >= 0.3 is 0 Å². The highest BCUT2D eigenvalue weighted by atomic mass is 14.5. The van der Waals surface area contributed by atoms with Crippen molar-refractivity contribution >= 4 is 0 Å². The third-order valence-electron chi connectivity index (χ3n) is 1.02. The van der Waals surface area contributed by atoms with E-state index in [1.54, 1.807) is 0 Å². The van der Waals surface area contributed by atoms with E-state index in [0.29, 0.717) is 5.92 Å². The summed E-state index contributed by atoms with van der Waals surface area (Å²) in [5.74, 6) is 0.588. The van der Waals surface area contributed by atoms with E-state index >= 15 is 0 Å². The molecule has 0 aromatic heterocycles. The van der Waals surface area contributed by atoms with Crippen LogP contribution >= 0.6 is 0 Å².